The minimum Gasteiger partial charge on any atom is -0.448 e. The van der Waals surface area contributed by atoms with Crippen molar-refractivity contribution in [1.82, 2.24) is 15.7 Å². The van der Waals surface area contributed by atoms with Gasteiger partial charge in [-0.25, -0.2) is 10.8 Å². The zero-order valence-corrected chi connectivity index (χ0v) is 11.5. The second kappa shape index (κ2) is 6.67. The Bertz CT molecular complexity index is 624. The van der Waals surface area contributed by atoms with Crippen molar-refractivity contribution in [2.45, 2.75) is 19.4 Å². The number of aryl methyl sites for hydroxylation is 1. The van der Waals surface area contributed by atoms with Crippen molar-refractivity contribution in [3.05, 3.63) is 53.7 Å². The van der Waals surface area contributed by atoms with Gasteiger partial charge >= 0.3 is 0 Å². The van der Waals surface area contributed by atoms with E-state index < -0.39 is 17.9 Å². The fourth-order valence-electron chi connectivity index (χ4n) is 1.86. The van der Waals surface area contributed by atoms with Gasteiger partial charge in [0.05, 0.1) is 0 Å². The monoisotopic (exact) mass is 288 g/mol. The Hall–Kier alpha value is -2.67. The van der Waals surface area contributed by atoms with Crippen molar-refractivity contribution >= 4 is 11.8 Å². The fraction of sp³-hybridized carbons (Fsp3) is 0.214. The summed E-state index contributed by atoms with van der Waals surface area (Å²) in [7, 11) is 0. The molecule has 1 heterocycles. The third-order valence-corrected chi connectivity index (χ3v) is 2.90. The van der Waals surface area contributed by atoms with Crippen LogP contribution in [0.3, 0.4) is 0 Å². The van der Waals surface area contributed by atoms with E-state index in [4.69, 9.17) is 10.3 Å². The number of nitrogens with zero attached hydrogens (tertiary/aromatic N) is 1. The van der Waals surface area contributed by atoms with E-state index in [0.717, 1.165) is 5.56 Å². The number of nitrogens with two attached hydrogens (primary N) is 1. The first kappa shape index (κ1) is 14.7. The third-order valence-electron chi connectivity index (χ3n) is 2.90. The molecule has 0 saturated carbocycles. The summed E-state index contributed by atoms with van der Waals surface area (Å²) in [5.74, 6) is 4.57. The number of rotatable bonds is 5. The highest BCUT2D eigenvalue weighted by molar-refractivity contribution is 5.95. The van der Waals surface area contributed by atoms with Crippen molar-refractivity contribution in [2.75, 3.05) is 0 Å². The second-order valence-corrected chi connectivity index (χ2v) is 4.48. The lowest BCUT2D eigenvalue weighted by molar-refractivity contribution is -0.123. The number of oxazole rings is 1. The van der Waals surface area contributed by atoms with Gasteiger partial charge in [-0.1, -0.05) is 30.3 Å². The van der Waals surface area contributed by atoms with Crippen molar-refractivity contribution in [1.29, 1.82) is 0 Å². The first-order valence-electron chi connectivity index (χ1n) is 6.37. The summed E-state index contributed by atoms with van der Waals surface area (Å²) >= 11 is 0. The SMILES string of the molecule is Cc1nc(C(=O)N[C@H](Cc2ccccc2)C(=O)NN)co1. The summed E-state index contributed by atoms with van der Waals surface area (Å²) in [6.07, 6.45) is 1.57. The molecule has 2 rings (SSSR count). The third kappa shape index (κ3) is 3.90. The van der Waals surface area contributed by atoms with Crippen molar-refractivity contribution in [3.8, 4) is 0 Å². The number of hydrogen-bond acceptors (Lipinski definition) is 5. The zero-order chi connectivity index (χ0) is 15.2. The Morgan fingerprint density at radius 1 is 1.33 bits per heavy atom. The molecule has 21 heavy (non-hydrogen) atoms. The summed E-state index contributed by atoms with van der Waals surface area (Å²) < 4.78 is 4.98. The van der Waals surface area contributed by atoms with Gasteiger partial charge in [-0.2, -0.15) is 0 Å². The molecule has 1 aromatic carbocycles. The molecular weight excluding hydrogens is 272 g/mol. The Labute approximate surface area is 121 Å². The van der Waals surface area contributed by atoms with Gasteiger partial charge in [0.25, 0.3) is 11.8 Å². The fourth-order valence-corrected chi connectivity index (χ4v) is 1.86. The van der Waals surface area contributed by atoms with E-state index in [1.807, 2.05) is 35.8 Å². The molecule has 0 aliphatic heterocycles. The van der Waals surface area contributed by atoms with Crippen LogP contribution in [0.2, 0.25) is 0 Å². The number of hydrogen-bond donors (Lipinski definition) is 3. The van der Waals surface area contributed by atoms with E-state index >= 15 is 0 Å². The molecule has 110 valence electrons. The van der Waals surface area contributed by atoms with Gasteiger partial charge in [-0.15, -0.1) is 0 Å². The Kier molecular flexibility index (Phi) is 4.68. The lowest BCUT2D eigenvalue weighted by Crippen LogP contribution is -2.50. The first-order valence-corrected chi connectivity index (χ1v) is 6.37. The summed E-state index contributed by atoms with van der Waals surface area (Å²) in [6.45, 7) is 1.63. The standard InChI is InChI=1S/C14H16N4O3/c1-9-16-12(8-21-9)13(19)17-11(14(20)18-15)7-10-5-3-2-4-6-10/h2-6,8,11H,7,15H2,1H3,(H,17,19)(H,18,20)/t11-/m1/s1. The Morgan fingerprint density at radius 3 is 2.62 bits per heavy atom. The smallest absolute Gasteiger partial charge is 0.273 e. The lowest BCUT2D eigenvalue weighted by Gasteiger charge is -2.16. The van der Waals surface area contributed by atoms with E-state index in [1.54, 1.807) is 6.92 Å². The highest BCUT2D eigenvalue weighted by Gasteiger charge is 2.22. The van der Waals surface area contributed by atoms with Crippen molar-refractivity contribution in [2.24, 2.45) is 5.84 Å². The molecule has 0 fully saturated rings. The predicted octanol–water partition coefficient (Wildman–Crippen LogP) is 0.314. The van der Waals surface area contributed by atoms with E-state index in [1.165, 1.54) is 6.26 Å². The summed E-state index contributed by atoms with van der Waals surface area (Å²) in [5, 5.41) is 2.59. The van der Waals surface area contributed by atoms with Gasteiger partial charge in [-0.05, 0) is 5.56 Å². The van der Waals surface area contributed by atoms with E-state index in [-0.39, 0.29) is 5.69 Å². The van der Waals surface area contributed by atoms with Crippen LogP contribution >= 0.6 is 0 Å². The average molecular weight is 288 g/mol. The van der Waals surface area contributed by atoms with Crippen LogP contribution in [0, 0.1) is 6.92 Å². The van der Waals surface area contributed by atoms with Gasteiger partial charge in [-0.3, -0.25) is 15.0 Å². The van der Waals surface area contributed by atoms with Crippen molar-refractivity contribution < 1.29 is 14.0 Å². The molecule has 1 aromatic heterocycles. The topological polar surface area (TPSA) is 110 Å². The van der Waals surface area contributed by atoms with Gasteiger partial charge in [0, 0.05) is 13.3 Å². The highest BCUT2D eigenvalue weighted by Crippen LogP contribution is 2.05. The van der Waals surface area contributed by atoms with Gasteiger partial charge in [0.15, 0.2) is 11.6 Å². The van der Waals surface area contributed by atoms with Gasteiger partial charge in [0.1, 0.15) is 12.3 Å². The quantitative estimate of drug-likeness (QED) is 0.417. The number of nitrogens with one attached hydrogen (secondary N) is 2. The number of hydrazine groups is 1. The Morgan fingerprint density at radius 2 is 2.05 bits per heavy atom. The van der Waals surface area contributed by atoms with Crippen LogP contribution in [-0.2, 0) is 11.2 Å². The van der Waals surface area contributed by atoms with Crippen LogP contribution in [0.4, 0.5) is 0 Å². The minimum atomic E-state index is -0.790. The van der Waals surface area contributed by atoms with Crippen LogP contribution in [0.25, 0.3) is 0 Å². The lowest BCUT2D eigenvalue weighted by atomic mass is 10.1. The van der Waals surface area contributed by atoms with Crippen LogP contribution in [0.5, 0.6) is 0 Å². The molecule has 7 nitrogen and oxygen atoms in total. The molecule has 0 unspecified atom stereocenters. The number of aromatic nitrogens is 1. The Balaban J connectivity index is 2.09. The molecule has 0 aliphatic carbocycles. The van der Waals surface area contributed by atoms with E-state index in [9.17, 15) is 9.59 Å². The van der Waals surface area contributed by atoms with Gasteiger partial charge < -0.3 is 9.73 Å². The number of carbonyl (C=O) groups is 2. The van der Waals surface area contributed by atoms with E-state index in [2.05, 4.69) is 10.3 Å². The number of amides is 2. The molecule has 0 spiro atoms. The maximum absolute atomic E-state index is 12.0. The van der Waals surface area contributed by atoms with Crippen LogP contribution < -0.4 is 16.6 Å². The molecule has 0 saturated heterocycles. The summed E-state index contributed by atoms with van der Waals surface area (Å²) in [4.78, 5) is 27.7. The highest BCUT2D eigenvalue weighted by atomic mass is 16.3. The molecule has 1 atom stereocenters. The molecule has 2 amide bonds. The molecule has 4 N–H and O–H groups in total. The van der Waals surface area contributed by atoms with E-state index in [0.29, 0.717) is 12.3 Å². The second-order valence-electron chi connectivity index (χ2n) is 4.48. The predicted molar refractivity (Wildman–Crippen MR) is 75.0 cm³/mol. The van der Waals surface area contributed by atoms with Crippen LogP contribution in [0.15, 0.2) is 41.0 Å². The minimum absolute atomic E-state index is 0.121. The molecule has 2 aromatic rings. The van der Waals surface area contributed by atoms with Gasteiger partial charge in [0.2, 0.25) is 0 Å². The van der Waals surface area contributed by atoms with Crippen LogP contribution in [0.1, 0.15) is 21.9 Å². The molecular formula is C14H16N4O3. The molecule has 0 bridgehead atoms. The number of carbonyl (C=O) groups excluding carboxylic acids is 2. The maximum atomic E-state index is 12.0. The maximum Gasteiger partial charge on any atom is 0.273 e. The average Bonchev–Trinajstić information content (AvgIpc) is 2.93. The first-order chi connectivity index (χ1) is 10.1. The van der Waals surface area contributed by atoms with Crippen molar-refractivity contribution in [3.63, 3.8) is 0 Å². The largest absolute Gasteiger partial charge is 0.448 e. The summed E-state index contributed by atoms with van der Waals surface area (Å²) in [5.41, 5.74) is 3.08. The molecule has 0 radical (unpaired) electrons. The molecule has 7 heteroatoms. The normalized spacial score (nSPS) is 11.7. The van der Waals surface area contributed by atoms with Crippen LogP contribution in [-0.4, -0.2) is 22.8 Å². The zero-order valence-electron chi connectivity index (χ0n) is 11.5. The number of benzene rings is 1. The molecule has 0 aliphatic rings. The summed E-state index contributed by atoms with van der Waals surface area (Å²) in [6, 6.07) is 8.53.